The van der Waals surface area contributed by atoms with Gasteiger partial charge in [-0.25, -0.2) is 0 Å². The predicted octanol–water partition coefficient (Wildman–Crippen LogP) is 23.4. The van der Waals surface area contributed by atoms with Crippen LogP contribution < -0.4 is 0 Å². The second-order valence-corrected chi connectivity index (χ2v) is 22.3. The number of furan rings is 1. The molecule has 0 unspecified atom stereocenters. The molecule has 6 heterocycles. The Balaban J connectivity index is 0.00000169. The summed E-state index contributed by atoms with van der Waals surface area (Å²) in [5.41, 5.74) is 25.7. The topological polar surface area (TPSA) is 61.7 Å². The van der Waals surface area contributed by atoms with E-state index in [0.29, 0.717) is 0 Å². The van der Waals surface area contributed by atoms with Crippen LogP contribution in [0.3, 0.4) is 0 Å². The molecule has 0 aliphatic carbocycles. The number of aromatic nitrogens is 5. The van der Waals surface area contributed by atoms with Crippen molar-refractivity contribution < 1.29 is 4.42 Å². The maximum Gasteiger partial charge on any atom is 0.135 e. The third-order valence-electron chi connectivity index (χ3n) is 17.3. The molecule has 0 aliphatic rings. The lowest BCUT2D eigenvalue weighted by atomic mass is 9.93. The smallest absolute Gasteiger partial charge is 0.135 e. The Morgan fingerprint density at radius 3 is 0.835 bits per heavy atom. The Hall–Kier alpha value is -11.7. The highest BCUT2D eigenvalue weighted by atomic mass is 16.3. The van der Waals surface area contributed by atoms with Gasteiger partial charge in [-0.1, -0.05) is 198 Å². The summed E-state index contributed by atoms with van der Waals surface area (Å²) in [4.78, 5) is 14.4. The van der Waals surface area contributed by atoms with Crippen molar-refractivity contribution in [2.75, 3.05) is 0 Å². The second-order valence-electron chi connectivity index (χ2n) is 22.3. The van der Waals surface area contributed by atoms with E-state index in [2.05, 4.69) is 282 Å². The Morgan fingerprint density at radius 1 is 0.231 bits per heavy atom. The molecule has 0 saturated heterocycles. The molecule has 17 aromatic rings. The van der Waals surface area contributed by atoms with Crippen molar-refractivity contribution in [3.05, 3.63) is 310 Å². The lowest BCUT2D eigenvalue weighted by Gasteiger charge is -2.12. The maximum atomic E-state index is 6.76. The monoisotopic (exact) mass is 1170 g/mol. The molecule has 17 rings (SSSR count). The predicted molar refractivity (Wildman–Crippen MR) is 382 cm³/mol. The van der Waals surface area contributed by atoms with Gasteiger partial charge in [-0.2, -0.15) is 0 Å². The Kier molecular flexibility index (Phi) is 14.8. The number of benzene rings is 11. The van der Waals surface area contributed by atoms with Crippen LogP contribution in [0.5, 0.6) is 0 Å². The van der Waals surface area contributed by atoms with Crippen LogP contribution in [0.15, 0.2) is 314 Å². The van der Waals surface area contributed by atoms with Crippen LogP contribution in [-0.2, 0) is 0 Å². The fraction of sp³-hybridized carbons (Fsp3) is 0.0471. The zero-order chi connectivity index (χ0) is 61.4. The molecule has 91 heavy (non-hydrogen) atoms. The highest BCUT2D eigenvalue weighted by Gasteiger charge is 2.22. The minimum Gasteiger partial charge on any atom is -0.456 e. The van der Waals surface area contributed by atoms with Crippen molar-refractivity contribution in [3.63, 3.8) is 0 Å². The van der Waals surface area contributed by atoms with E-state index in [0.717, 1.165) is 144 Å². The van der Waals surface area contributed by atoms with Crippen LogP contribution in [0, 0.1) is 0 Å². The van der Waals surface area contributed by atoms with E-state index in [1.165, 1.54) is 22.1 Å². The third kappa shape index (κ3) is 9.92. The first-order valence-corrected chi connectivity index (χ1v) is 31.5. The van der Waals surface area contributed by atoms with Crippen molar-refractivity contribution in [1.82, 2.24) is 24.1 Å². The number of rotatable bonds is 10. The average Bonchev–Trinajstić information content (AvgIpc) is 1.60. The summed E-state index contributed by atoms with van der Waals surface area (Å²) in [5.74, 6) is 0. The average molecular weight is 1170 g/mol. The van der Waals surface area contributed by atoms with Gasteiger partial charge in [-0.15, -0.1) is 0 Å². The normalized spacial score (nSPS) is 11.3. The van der Waals surface area contributed by atoms with E-state index in [1.807, 2.05) is 64.5 Å². The van der Waals surface area contributed by atoms with E-state index < -0.39 is 0 Å². The highest BCUT2D eigenvalue weighted by molar-refractivity contribution is 6.15. The number of fused-ring (bicyclic) bond motifs is 9. The van der Waals surface area contributed by atoms with Gasteiger partial charge < -0.3 is 13.6 Å². The second kappa shape index (κ2) is 24.1. The first-order chi connectivity index (χ1) is 45.1. The van der Waals surface area contributed by atoms with Gasteiger partial charge in [0.2, 0.25) is 0 Å². The van der Waals surface area contributed by atoms with Crippen molar-refractivity contribution in [2.24, 2.45) is 0 Å². The minimum atomic E-state index is 0.827. The summed E-state index contributed by atoms with van der Waals surface area (Å²) in [5, 5.41) is 6.70. The van der Waals surface area contributed by atoms with Crippen molar-refractivity contribution >= 4 is 65.6 Å². The molecule has 434 valence electrons. The fourth-order valence-electron chi connectivity index (χ4n) is 13.3. The van der Waals surface area contributed by atoms with Crippen molar-refractivity contribution in [2.45, 2.75) is 27.7 Å². The molecule has 0 aliphatic heterocycles. The lowest BCUT2D eigenvalue weighted by molar-refractivity contribution is 0.669. The summed E-state index contributed by atoms with van der Waals surface area (Å²) in [6, 6.07) is 104. The largest absolute Gasteiger partial charge is 0.456 e. The van der Waals surface area contributed by atoms with Gasteiger partial charge in [0.25, 0.3) is 0 Å². The van der Waals surface area contributed by atoms with Gasteiger partial charge in [0, 0.05) is 79.0 Å². The zero-order valence-corrected chi connectivity index (χ0v) is 51.1. The molecule has 0 fully saturated rings. The maximum absolute atomic E-state index is 6.76. The summed E-state index contributed by atoms with van der Waals surface area (Å²) in [7, 11) is 0. The molecular weight excluding hydrogens is 1110 g/mol. The van der Waals surface area contributed by atoms with E-state index in [9.17, 15) is 0 Å². The van der Waals surface area contributed by atoms with E-state index in [4.69, 9.17) is 19.4 Å². The van der Waals surface area contributed by atoms with Crippen LogP contribution in [0.4, 0.5) is 0 Å². The number of hydrogen-bond donors (Lipinski definition) is 0. The summed E-state index contributed by atoms with van der Waals surface area (Å²) >= 11 is 0. The number of nitrogens with zero attached hydrogens (tertiary/aromatic N) is 5. The van der Waals surface area contributed by atoms with Gasteiger partial charge in [-0.3, -0.25) is 15.0 Å². The Morgan fingerprint density at radius 2 is 0.516 bits per heavy atom. The molecule has 6 heteroatoms. The molecule has 0 bridgehead atoms. The molecule has 0 spiro atoms. The van der Waals surface area contributed by atoms with Crippen molar-refractivity contribution in [3.8, 4) is 101 Å². The molecule has 6 nitrogen and oxygen atoms in total. The molecule has 0 saturated carbocycles. The summed E-state index contributed by atoms with van der Waals surface area (Å²) in [6.45, 7) is 8.00. The lowest BCUT2D eigenvalue weighted by Crippen LogP contribution is -1.95. The first kappa shape index (κ1) is 55.8. The molecule has 0 radical (unpaired) electrons. The Labute approximate surface area is 529 Å². The third-order valence-corrected chi connectivity index (χ3v) is 17.3. The molecule has 0 amide bonds. The Bertz CT molecular complexity index is 4890. The molecule has 6 aromatic heterocycles. The fourth-order valence-corrected chi connectivity index (χ4v) is 13.3. The van der Waals surface area contributed by atoms with E-state index in [-0.39, 0.29) is 0 Å². The highest BCUT2D eigenvalue weighted by Crippen LogP contribution is 2.45. The van der Waals surface area contributed by atoms with Crippen LogP contribution in [0.2, 0.25) is 0 Å². The van der Waals surface area contributed by atoms with Crippen LogP contribution in [-0.4, -0.2) is 24.1 Å². The van der Waals surface area contributed by atoms with Gasteiger partial charge in [0.15, 0.2) is 0 Å². The van der Waals surface area contributed by atoms with E-state index in [1.54, 1.807) is 0 Å². The molecule has 11 aromatic carbocycles. The summed E-state index contributed by atoms with van der Waals surface area (Å²) in [6.07, 6.45) is 5.59. The van der Waals surface area contributed by atoms with Crippen LogP contribution >= 0.6 is 0 Å². The standard InChI is InChI=1S/C81H51N5O.2C2H6/c1-2-18-52(19-3-1)59-20-4-5-21-60(59)53-31-37-76-67(46-53)68-47-54(61-22-6-9-25-64(61)73-28-12-15-43-82-73)32-38-77(68)85(76)57-35-41-80-71(50-57)72-51-58(36-42-81(72)87-80)86-78-39-33-55(62-23-7-10-26-65(62)74-29-13-16-44-83-74)48-69(78)70-49-56(34-40-79(70)86)63-24-8-11-27-66(63)75-30-14-17-45-84-75;2*1-2/h1-51H;2*1-2H3. The molecule has 0 atom stereocenters. The van der Waals surface area contributed by atoms with Gasteiger partial charge in [0.05, 0.1) is 39.1 Å². The first-order valence-electron chi connectivity index (χ1n) is 31.5. The summed E-state index contributed by atoms with van der Waals surface area (Å²) < 4.78 is 11.6. The SMILES string of the molecule is CC.CC.c1ccc(-c2ccccc2-c2ccc3c(c2)c2cc(-c4ccccc4-c4ccccn4)ccc2n3-c2ccc3oc4ccc(-n5c6ccc(-c7ccccc7-c7ccccn7)cc6c6cc(-c7ccccc7-c7ccccn7)ccc65)cc4c3c2)cc1. The number of hydrogen-bond acceptors (Lipinski definition) is 4. The zero-order valence-electron chi connectivity index (χ0n) is 51.1. The van der Waals surface area contributed by atoms with Crippen LogP contribution in [0.25, 0.3) is 166 Å². The molecular formula is C85H63N5O. The van der Waals surface area contributed by atoms with E-state index >= 15 is 0 Å². The quantitative estimate of drug-likeness (QED) is 0.137. The van der Waals surface area contributed by atoms with Gasteiger partial charge >= 0.3 is 0 Å². The molecule has 0 N–H and O–H groups in total. The number of pyridine rings is 3. The van der Waals surface area contributed by atoms with Crippen molar-refractivity contribution in [1.29, 1.82) is 0 Å². The minimum absolute atomic E-state index is 0.827. The van der Waals surface area contributed by atoms with Gasteiger partial charge in [0.1, 0.15) is 11.2 Å². The van der Waals surface area contributed by atoms with Gasteiger partial charge in [-0.05, 0) is 177 Å². The van der Waals surface area contributed by atoms with Crippen LogP contribution in [0.1, 0.15) is 27.7 Å².